The maximum absolute atomic E-state index is 12.3. The fourth-order valence-electron chi connectivity index (χ4n) is 3.78. The van der Waals surface area contributed by atoms with Gasteiger partial charge in [-0.2, -0.15) is 0 Å². The molecule has 0 atom stereocenters. The molecule has 4 aromatic rings. The number of anilines is 1. The normalized spacial score (nSPS) is 15.7. The molecule has 0 spiro atoms. The summed E-state index contributed by atoms with van der Waals surface area (Å²) in [7, 11) is 0. The molecule has 1 fully saturated rings. The standard InChI is InChI=1S/C21H22N6OS2/c28-19(22-16-6-2-1-3-7-16)14-24-10-12-25(13-11-24)15-26-21(29)27-17-8-4-5-9-18(17)30-20(27)23-26/h1-9H,10-15H2,(H,22,28). The second kappa shape index (κ2) is 8.27. The van der Waals surface area contributed by atoms with Crippen LogP contribution in [0.4, 0.5) is 5.69 Å². The van der Waals surface area contributed by atoms with Crippen LogP contribution in [0.5, 0.6) is 0 Å². The topological polar surface area (TPSA) is 57.8 Å². The zero-order chi connectivity index (χ0) is 20.5. The average Bonchev–Trinajstić information content (AvgIpc) is 3.26. The lowest BCUT2D eigenvalue weighted by Gasteiger charge is -2.33. The minimum absolute atomic E-state index is 0.0260. The Morgan fingerprint density at radius 1 is 1.00 bits per heavy atom. The van der Waals surface area contributed by atoms with Crippen molar-refractivity contribution in [2.75, 3.05) is 38.0 Å². The summed E-state index contributed by atoms with van der Waals surface area (Å²) in [5.74, 6) is 0.0260. The number of carbonyl (C=O) groups excluding carboxylic acids is 1. The van der Waals surface area contributed by atoms with Gasteiger partial charge in [-0.05, 0) is 36.5 Å². The van der Waals surface area contributed by atoms with Gasteiger partial charge in [-0.15, -0.1) is 5.10 Å². The lowest BCUT2D eigenvalue weighted by Crippen LogP contribution is -2.48. The summed E-state index contributed by atoms with van der Waals surface area (Å²) >= 11 is 7.36. The minimum atomic E-state index is 0.0260. The first-order chi connectivity index (χ1) is 14.7. The molecule has 0 bridgehead atoms. The molecule has 1 aliphatic heterocycles. The third-order valence-corrected chi connectivity index (χ3v) is 6.75. The van der Waals surface area contributed by atoms with Gasteiger partial charge in [0.2, 0.25) is 15.6 Å². The molecule has 0 radical (unpaired) electrons. The van der Waals surface area contributed by atoms with Crippen molar-refractivity contribution in [1.29, 1.82) is 0 Å². The predicted molar refractivity (Wildman–Crippen MR) is 122 cm³/mol. The van der Waals surface area contributed by atoms with Crippen LogP contribution in [0.25, 0.3) is 15.2 Å². The third-order valence-electron chi connectivity index (χ3n) is 5.34. The molecule has 1 saturated heterocycles. The summed E-state index contributed by atoms with van der Waals surface area (Å²) < 4.78 is 5.89. The van der Waals surface area contributed by atoms with E-state index in [-0.39, 0.29) is 5.91 Å². The lowest BCUT2D eigenvalue weighted by atomic mass is 10.3. The van der Waals surface area contributed by atoms with Gasteiger partial charge in [0, 0.05) is 31.9 Å². The Kier molecular flexibility index (Phi) is 5.34. The van der Waals surface area contributed by atoms with E-state index in [1.165, 1.54) is 4.70 Å². The van der Waals surface area contributed by atoms with E-state index in [2.05, 4.69) is 31.7 Å². The number of nitrogens with zero attached hydrogens (tertiary/aromatic N) is 5. The van der Waals surface area contributed by atoms with Gasteiger partial charge in [0.05, 0.1) is 23.4 Å². The highest BCUT2D eigenvalue weighted by atomic mass is 32.1. The Bertz CT molecular complexity index is 1240. The number of rotatable bonds is 5. The molecule has 9 heteroatoms. The van der Waals surface area contributed by atoms with E-state index in [1.54, 1.807) is 11.3 Å². The van der Waals surface area contributed by atoms with Gasteiger partial charge in [-0.3, -0.25) is 19.0 Å². The van der Waals surface area contributed by atoms with E-state index in [0.717, 1.165) is 47.1 Å². The Hall–Kier alpha value is -2.59. The SMILES string of the molecule is O=C(CN1CCN(Cn2nc3sc4ccccc4n3c2=S)CC1)Nc1ccccc1. The first-order valence-corrected chi connectivity index (χ1v) is 11.2. The zero-order valence-corrected chi connectivity index (χ0v) is 18.0. The molecular formula is C21H22N6OS2. The van der Waals surface area contributed by atoms with Crippen molar-refractivity contribution in [2.45, 2.75) is 6.67 Å². The Morgan fingerprint density at radius 3 is 2.50 bits per heavy atom. The van der Waals surface area contributed by atoms with Crippen LogP contribution in [0.15, 0.2) is 54.6 Å². The van der Waals surface area contributed by atoms with Crippen LogP contribution in [-0.2, 0) is 11.5 Å². The molecule has 0 unspecified atom stereocenters. The monoisotopic (exact) mass is 438 g/mol. The van der Waals surface area contributed by atoms with Crippen molar-refractivity contribution in [1.82, 2.24) is 24.0 Å². The van der Waals surface area contributed by atoms with Crippen molar-refractivity contribution >= 4 is 50.3 Å². The number of hydrogen-bond acceptors (Lipinski definition) is 6. The van der Waals surface area contributed by atoms with Gasteiger partial charge in [0.15, 0.2) is 0 Å². The van der Waals surface area contributed by atoms with Crippen molar-refractivity contribution in [3.63, 3.8) is 0 Å². The summed E-state index contributed by atoms with van der Waals surface area (Å²) in [5, 5.41) is 7.68. The highest BCUT2D eigenvalue weighted by Crippen LogP contribution is 2.25. The van der Waals surface area contributed by atoms with Crippen LogP contribution in [0.1, 0.15) is 0 Å². The van der Waals surface area contributed by atoms with Gasteiger partial charge in [0.1, 0.15) is 0 Å². The number of benzene rings is 2. The lowest BCUT2D eigenvalue weighted by molar-refractivity contribution is -0.117. The number of hydrogen-bond donors (Lipinski definition) is 1. The molecule has 5 rings (SSSR count). The van der Waals surface area contributed by atoms with Gasteiger partial charge < -0.3 is 5.32 Å². The summed E-state index contributed by atoms with van der Waals surface area (Å²) in [6, 6.07) is 17.8. The summed E-state index contributed by atoms with van der Waals surface area (Å²) in [5.41, 5.74) is 1.95. The van der Waals surface area contributed by atoms with E-state index >= 15 is 0 Å². The van der Waals surface area contributed by atoms with Crippen molar-refractivity contribution < 1.29 is 4.79 Å². The van der Waals surface area contributed by atoms with E-state index < -0.39 is 0 Å². The molecule has 2 aromatic heterocycles. The van der Waals surface area contributed by atoms with E-state index in [1.807, 2.05) is 47.1 Å². The molecule has 0 aliphatic carbocycles. The van der Waals surface area contributed by atoms with Gasteiger partial charge in [0.25, 0.3) is 0 Å². The molecule has 7 nitrogen and oxygen atoms in total. The van der Waals surface area contributed by atoms with E-state index in [4.69, 9.17) is 17.3 Å². The second-order valence-electron chi connectivity index (χ2n) is 7.42. The predicted octanol–water partition coefficient (Wildman–Crippen LogP) is 3.29. The Morgan fingerprint density at radius 2 is 1.70 bits per heavy atom. The van der Waals surface area contributed by atoms with Crippen molar-refractivity contribution in [3.05, 3.63) is 59.4 Å². The smallest absolute Gasteiger partial charge is 0.238 e. The largest absolute Gasteiger partial charge is 0.325 e. The molecule has 154 valence electrons. The van der Waals surface area contributed by atoms with E-state index in [0.29, 0.717) is 13.2 Å². The summed E-state index contributed by atoms with van der Waals surface area (Å²) in [6.07, 6.45) is 0. The van der Waals surface area contributed by atoms with Crippen LogP contribution in [0.2, 0.25) is 0 Å². The van der Waals surface area contributed by atoms with Crippen molar-refractivity contribution in [3.8, 4) is 0 Å². The van der Waals surface area contributed by atoms with Crippen LogP contribution in [0, 0.1) is 4.77 Å². The highest BCUT2D eigenvalue weighted by Gasteiger charge is 2.20. The number of piperazine rings is 1. The quantitative estimate of drug-likeness (QED) is 0.485. The van der Waals surface area contributed by atoms with Crippen LogP contribution in [0.3, 0.4) is 0 Å². The number of nitrogens with one attached hydrogen (secondary N) is 1. The molecule has 1 N–H and O–H groups in total. The average molecular weight is 439 g/mol. The Balaban J connectivity index is 1.19. The maximum atomic E-state index is 12.3. The van der Waals surface area contributed by atoms with Crippen molar-refractivity contribution in [2.24, 2.45) is 0 Å². The van der Waals surface area contributed by atoms with Gasteiger partial charge >= 0.3 is 0 Å². The number of thiazole rings is 1. The number of para-hydroxylation sites is 2. The number of carbonyl (C=O) groups is 1. The minimum Gasteiger partial charge on any atom is -0.325 e. The summed E-state index contributed by atoms with van der Waals surface area (Å²) in [6.45, 7) is 4.54. The third kappa shape index (κ3) is 3.89. The molecule has 2 aromatic carbocycles. The van der Waals surface area contributed by atoms with Gasteiger partial charge in [-0.1, -0.05) is 41.7 Å². The van der Waals surface area contributed by atoms with Crippen LogP contribution >= 0.6 is 23.6 Å². The number of aromatic nitrogens is 3. The van der Waals surface area contributed by atoms with Crippen LogP contribution < -0.4 is 5.32 Å². The maximum Gasteiger partial charge on any atom is 0.238 e. The molecule has 0 saturated carbocycles. The molecule has 3 heterocycles. The number of amides is 1. The number of fused-ring (bicyclic) bond motifs is 3. The fourth-order valence-corrected chi connectivity index (χ4v) is 5.15. The second-order valence-corrected chi connectivity index (χ2v) is 8.79. The molecule has 1 amide bonds. The first-order valence-electron chi connectivity index (χ1n) is 9.94. The van der Waals surface area contributed by atoms with Gasteiger partial charge in [-0.25, -0.2) is 4.68 Å². The Labute approximate surface area is 183 Å². The fraction of sp³-hybridized carbons (Fsp3) is 0.286. The van der Waals surface area contributed by atoms with E-state index in [9.17, 15) is 4.79 Å². The highest BCUT2D eigenvalue weighted by molar-refractivity contribution is 7.71. The first kappa shape index (κ1) is 19.4. The molecular weight excluding hydrogens is 416 g/mol. The summed E-state index contributed by atoms with van der Waals surface area (Å²) in [4.78, 5) is 17.7. The molecule has 30 heavy (non-hydrogen) atoms. The van der Waals surface area contributed by atoms with Crippen LogP contribution in [-0.4, -0.2) is 62.6 Å². The zero-order valence-electron chi connectivity index (χ0n) is 16.4. The molecule has 1 aliphatic rings.